The van der Waals surface area contributed by atoms with Crippen LogP contribution in [0.1, 0.15) is 45.1 Å². The maximum atomic E-state index is 4.56. The quantitative estimate of drug-likeness (QED) is 0.429. The topological polar surface area (TPSA) is 43.8 Å². The van der Waals surface area contributed by atoms with Crippen molar-refractivity contribution < 1.29 is 0 Å². The molecule has 1 aromatic rings. The highest BCUT2D eigenvalue weighted by molar-refractivity contribution is 14.0. The largest absolute Gasteiger partial charge is 0.357 e. The number of nitrogens with zero attached hydrogens (tertiary/aromatic N) is 4. The second-order valence-corrected chi connectivity index (χ2v) is 7.81. The number of likely N-dealkylation sites (tertiary alicyclic amines) is 1. The van der Waals surface area contributed by atoms with Crippen LogP contribution in [0, 0.1) is 5.41 Å². The predicted molar refractivity (Wildman–Crippen MR) is 116 cm³/mol. The number of pyridine rings is 1. The van der Waals surface area contributed by atoms with E-state index in [0.717, 1.165) is 44.5 Å². The Bertz CT molecular complexity index is 581. The van der Waals surface area contributed by atoms with E-state index in [-0.39, 0.29) is 24.0 Å². The standard InChI is InChI=1S/C19H31N5.HI/c1-19(2)8-12-24(15-19)18(20-3)22-14-16-7-9-21-17(13-16)23-10-5-4-6-11-23;/h7,9,13H,4-6,8,10-12,14-15H2,1-3H3,(H,20,22);1H. The third kappa shape index (κ3) is 5.46. The maximum Gasteiger partial charge on any atom is 0.193 e. The van der Waals surface area contributed by atoms with E-state index < -0.39 is 0 Å². The average molecular weight is 457 g/mol. The van der Waals surface area contributed by atoms with Gasteiger partial charge in [0.15, 0.2) is 5.96 Å². The Morgan fingerprint density at radius 3 is 2.64 bits per heavy atom. The lowest BCUT2D eigenvalue weighted by Crippen LogP contribution is -2.40. The molecule has 2 saturated heterocycles. The summed E-state index contributed by atoms with van der Waals surface area (Å²) >= 11 is 0. The van der Waals surface area contributed by atoms with Crippen LogP contribution in [0.4, 0.5) is 5.82 Å². The van der Waals surface area contributed by atoms with Gasteiger partial charge in [-0.05, 0) is 48.8 Å². The van der Waals surface area contributed by atoms with Gasteiger partial charge in [-0.25, -0.2) is 4.98 Å². The first-order valence-electron chi connectivity index (χ1n) is 9.23. The molecule has 0 bridgehead atoms. The molecule has 1 aromatic heterocycles. The van der Waals surface area contributed by atoms with Crippen LogP contribution in [-0.4, -0.2) is 49.1 Å². The van der Waals surface area contributed by atoms with Crippen LogP contribution >= 0.6 is 24.0 Å². The first-order valence-corrected chi connectivity index (χ1v) is 9.23. The van der Waals surface area contributed by atoms with Gasteiger partial charge in [0.05, 0.1) is 0 Å². The van der Waals surface area contributed by atoms with E-state index in [1.54, 1.807) is 0 Å². The number of anilines is 1. The fourth-order valence-electron chi connectivity index (χ4n) is 3.67. The summed E-state index contributed by atoms with van der Waals surface area (Å²) in [6, 6.07) is 4.32. The van der Waals surface area contributed by atoms with Crippen molar-refractivity contribution >= 4 is 35.8 Å². The molecule has 0 radical (unpaired) electrons. The van der Waals surface area contributed by atoms with Crippen molar-refractivity contribution in [1.29, 1.82) is 0 Å². The summed E-state index contributed by atoms with van der Waals surface area (Å²) in [6.45, 7) is 9.88. The number of piperidine rings is 1. The minimum Gasteiger partial charge on any atom is -0.357 e. The number of nitrogens with one attached hydrogen (secondary N) is 1. The van der Waals surface area contributed by atoms with Gasteiger partial charge in [0.1, 0.15) is 5.82 Å². The van der Waals surface area contributed by atoms with E-state index in [9.17, 15) is 0 Å². The molecule has 25 heavy (non-hydrogen) atoms. The lowest BCUT2D eigenvalue weighted by atomic mass is 9.93. The first-order chi connectivity index (χ1) is 11.6. The summed E-state index contributed by atoms with van der Waals surface area (Å²) in [5.74, 6) is 2.13. The third-order valence-electron chi connectivity index (χ3n) is 5.13. The van der Waals surface area contributed by atoms with Crippen molar-refractivity contribution in [3.63, 3.8) is 0 Å². The molecule has 0 aliphatic carbocycles. The van der Waals surface area contributed by atoms with Gasteiger partial charge in [-0.2, -0.15) is 0 Å². The Balaban J connectivity index is 0.00000225. The van der Waals surface area contributed by atoms with Crippen LogP contribution in [0.2, 0.25) is 0 Å². The Morgan fingerprint density at radius 1 is 1.24 bits per heavy atom. The predicted octanol–water partition coefficient (Wildman–Crippen LogP) is 3.50. The molecule has 140 valence electrons. The van der Waals surface area contributed by atoms with Crippen LogP contribution in [0.3, 0.4) is 0 Å². The molecule has 2 aliphatic rings. The van der Waals surface area contributed by atoms with Gasteiger partial charge in [0, 0.05) is 46.0 Å². The highest BCUT2D eigenvalue weighted by Crippen LogP contribution is 2.28. The minimum absolute atomic E-state index is 0. The van der Waals surface area contributed by atoms with Crippen LogP contribution in [0.15, 0.2) is 23.3 Å². The van der Waals surface area contributed by atoms with E-state index in [1.807, 2.05) is 13.2 Å². The van der Waals surface area contributed by atoms with Gasteiger partial charge in [-0.3, -0.25) is 4.99 Å². The zero-order valence-corrected chi connectivity index (χ0v) is 18.1. The molecule has 0 spiro atoms. The van der Waals surface area contributed by atoms with E-state index in [1.165, 1.54) is 31.2 Å². The third-order valence-corrected chi connectivity index (χ3v) is 5.13. The first kappa shape index (κ1) is 20.3. The molecule has 2 fully saturated rings. The number of halogens is 1. The molecule has 3 rings (SSSR count). The van der Waals surface area contributed by atoms with Crippen molar-refractivity contribution in [3.8, 4) is 0 Å². The summed E-state index contributed by atoms with van der Waals surface area (Å²) < 4.78 is 0. The Morgan fingerprint density at radius 2 is 2.00 bits per heavy atom. The fourth-order valence-corrected chi connectivity index (χ4v) is 3.67. The van der Waals surface area contributed by atoms with Gasteiger partial charge in [0.25, 0.3) is 0 Å². The van der Waals surface area contributed by atoms with Crippen LogP contribution < -0.4 is 10.2 Å². The molecule has 0 unspecified atom stereocenters. The summed E-state index contributed by atoms with van der Waals surface area (Å²) in [5, 5.41) is 3.53. The van der Waals surface area contributed by atoms with E-state index in [4.69, 9.17) is 0 Å². The number of hydrogen-bond acceptors (Lipinski definition) is 3. The van der Waals surface area contributed by atoms with E-state index >= 15 is 0 Å². The van der Waals surface area contributed by atoms with Crippen molar-refractivity contribution in [2.24, 2.45) is 10.4 Å². The molecule has 0 saturated carbocycles. The molecule has 2 aliphatic heterocycles. The van der Waals surface area contributed by atoms with Crippen molar-refractivity contribution in [3.05, 3.63) is 23.9 Å². The highest BCUT2D eigenvalue weighted by atomic mass is 127. The zero-order chi connectivity index (χ0) is 17.0. The molecule has 6 heteroatoms. The highest BCUT2D eigenvalue weighted by Gasteiger charge is 2.30. The Labute approximate surface area is 169 Å². The SMILES string of the molecule is CN=C(NCc1ccnc(N2CCCCC2)c1)N1CCC(C)(C)C1.I. The molecule has 5 nitrogen and oxygen atoms in total. The summed E-state index contributed by atoms with van der Waals surface area (Å²) in [7, 11) is 1.87. The summed E-state index contributed by atoms with van der Waals surface area (Å²) in [5.41, 5.74) is 1.65. The number of aromatic nitrogens is 1. The fraction of sp³-hybridized carbons (Fsp3) is 0.684. The smallest absolute Gasteiger partial charge is 0.193 e. The van der Waals surface area contributed by atoms with Crippen LogP contribution in [-0.2, 0) is 6.54 Å². The van der Waals surface area contributed by atoms with E-state index in [0.29, 0.717) is 5.41 Å². The van der Waals surface area contributed by atoms with Gasteiger partial charge in [-0.1, -0.05) is 13.8 Å². The number of guanidine groups is 1. The van der Waals surface area contributed by atoms with E-state index in [2.05, 4.69) is 51.1 Å². The zero-order valence-electron chi connectivity index (χ0n) is 15.8. The second kappa shape index (κ2) is 9.05. The molecule has 0 amide bonds. The number of hydrogen-bond donors (Lipinski definition) is 1. The molecular weight excluding hydrogens is 425 g/mol. The lowest BCUT2D eigenvalue weighted by molar-refractivity contribution is 0.370. The van der Waals surface area contributed by atoms with Gasteiger partial charge in [-0.15, -0.1) is 24.0 Å². The lowest BCUT2D eigenvalue weighted by Gasteiger charge is -2.28. The Hall–Kier alpha value is -1.05. The van der Waals surface area contributed by atoms with Crippen LogP contribution in [0.5, 0.6) is 0 Å². The summed E-state index contributed by atoms with van der Waals surface area (Å²) in [6.07, 6.45) is 7.06. The minimum atomic E-state index is 0. The van der Waals surface area contributed by atoms with Crippen molar-refractivity contribution in [2.45, 2.75) is 46.1 Å². The molecule has 3 heterocycles. The van der Waals surface area contributed by atoms with Gasteiger partial charge >= 0.3 is 0 Å². The Kier molecular flexibility index (Phi) is 7.34. The van der Waals surface area contributed by atoms with Crippen LogP contribution in [0.25, 0.3) is 0 Å². The number of rotatable bonds is 3. The average Bonchev–Trinajstić information content (AvgIpc) is 2.96. The van der Waals surface area contributed by atoms with Gasteiger partial charge < -0.3 is 15.1 Å². The summed E-state index contributed by atoms with van der Waals surface area (Å²) in [4.78, 5) is 13.8. The van der Waals surface area contributed by atoms with Crippen molar-refractivity contribution in [1.82, 2.24) is 15.2 Å². The normalized spacial score (nSPS) is 20.4. The number of aliphatic imine (C=N–C) groups is 1. The molecule has 1 N–H and O–H groups in total. The maximum absolute atomic E-state index is 4.56. The van der Waals surface area contributed by atoms with Crippen molar-refractivity contribution in [2.75, 3.05) is 38.1 Å². The van der Waals surface area contributed by atoms with Gasteiger partial charge in [0.2, 0.25) is 0 Å². The monoisotopic (exact) mass is 457 g/mol. The molecule has 0 atom stereocenters. The molecular formula is C19H32IN5. The molecule has 0 aromatic carbocycles. The second-order valence-electron chi connectivity index (χ2n) is 7.81.